The smallest absolute Gasteiger partial charge is 0.282 e. The largest absolute Gasteiger partial charge is 0.476 e. The predicted octanol–water partition coefficient (Wildman–Crippen LogP) is 5.30. The van der Waals surface area contributed by atoms with Crippen molar-refractivity contribution >= 4 is 54.2 Å². The number of alkyl halides is 4. The van der Waals surface area contributed by atoms with Crippen molar-refractivity contribution in [1.82, 2.24) is 0 Å². The van der Waals surface area contributed by atoms with Gasteiger partial charge in [-0.05, 0) is 12.5 Å². The van der Waals surface area contributed by atoms with Crippen LogP contribution in [0.3, 0.4) is 0 Å². The Morgan fingerprint density at radius 1 is 1.20 bits per heavy atom. The summed E-state index contributed by atoms with van der Waals surface area (Å²) in [6.07, 6.45) is 0. The highest BCUT2D eigenvalue weighted by atomic mass is 35.6. The number of phosphoric ester groups is 1. The molecule has 9 heteroatoms. The third kappa shape index (κ3) is 8.06. The van der Waals surface area contributed by atoms with Crippen molar-refractivity contribution in [3.05, 3.63) is 35.9 Å². The van der Waals surface area contributed by atoms with Gasteiger partial charge in [0.2, 0.25) is 3.79 Å². The minimum atomic E-state index is -3.92. The van der Waals surface area contributed by atoms with Crippen LogP contribution in [0.25, 0.3) is 0 Å². The maximum absolute atomic E-state index is 12.3. The summed E-state index contributed by atoms with van der Waals surface area (Å²) >= 11 is 22.2. The molecule has 0 spiro atoms. The first-order chi connectivity index (χ1) is 9.20. The normalized spacial score (nSPS) is 16.6. The summed E-state index contributed by atoms with van der Waals surface area (Å²) in [4.78, 5) is 0. The van der Waals surface area contributed by atoms with Gasteiger partial charge in [-0.1, -0.05) is 76.7 Å². The Labute approximate surface area is 137 Å². The number of phosphoric acid groups is 1. The summed E-state index contributed by atoms with van der Waals surface area (Å²) in [5, 5.41) is 0. The van der Waals surface area contributed by atoms with Crippen LogP contribution in [0.15, 0.2) is 30.3 Å². The van der Waals surface area contributed by atoms with E-state index in [1.807, 2.05) is 18.2 Å². The van der Waals surface area contributed by atoms with Crippen LogP contribution in [-0.2, 0) is 24.7 Å². The highest BCUT2D eigenvalue weighted by molar-refractivity contribution is 7.48. The number of benzene rings is 1. The third-order valence-electron chi connectivity index (χ3n) is 1.89. The topological polar surface area (TPSA) is 44.8 Å². The van der Waals surface area contributed by atoms with Crippen LogP contribution >= 0.6 is 54.2 Å². The molecule has 4 nitrogen and oxygen atoms in total. The average molecular weight is 382 g/mol. The first-order valence-electron chi connectivity index (χ1n) is 5.52. The molecule has 1 rings (SSSR count). The second-order valence-corrected chi connectivity index (χ2v) is 8.50. The molecular weight excluding hydrogens is 369 g/mol. The highest BCUT2D eigenvalue weighted by Gasteiger charge is 2.33. The van der Waals surface area contributed by atoms with E-state index in [1.54, 1.807) is 12.1 Å². The van der Waals surface area contributed by atoms with E-state index in [0.29, 0.717) is 0 Å². The van der Waals surface area contributed by atoms with Gasteiger partial charge < -0.3 is 0 Å². The monoisotopic (exact) mass is 380 g/mol. The van der Waals surface area contributed by atoms with Gasteiger partial charge in [0, 0.05) is 0 Å². The van der Waals surface area contributed by atoms with Gasteiger partial charge >= 0.3 is 7.82 Å². The molecule has 0 aliphatic rings. The molecule has 0 amide bonds. The van der Waals surface area contributed by atoms with Crippen molar-refractivity contribution < 1.29 is 18.1 Å². The summed E-state index contributed by atoms with van der Waals surface area (Å²) in [6.45, 7) is 1.04. The summed E-state index contributed by atoms with van der Waals surface area (Å²) in [6, 6.07) is 9.07. The number of hydrogen-bond acceptors (Lipinski definition) is 4. The number of halogens is 4. The minimum absolute atomic E-state index is 0.0155. The van der Waals surface area contributed by atoms with E-state index in [1.165, 1.54) is 6.92 Å². The molecule has 1 aromatic rings. The summed E-state index contributed by atoms with van der Waals surface area (Å²) in [5.41, 5.74) is -0.0944. The second-order valence-electron chi connectivity index (χ2n) is 3.74. The van der Waals surface area contributed by atoms with Crippen LogP contribution in [0.1, 0.15) is 12.5 Å². The van der Waals surface area contributed by atoms with E-state index >= 15 is 0 Å². The van der Waals surface area contributed by atoms with E-state index in [0.717, 1.165) is 5.56 Å². The molecule has 0 saturated carbocycles. The van der Waals surface area contributed by atoms with Gasteiger partial charge in [0.1, 0.15) is 12.2 Å². The predicted molar refractivity (Wildman–Crippen MR) is 81.5 cm³/mol. The molecule has 0 aromatic heterocycles. The molecular formula is C11H13Cl4O4P. The molecule has 20 heavy (non-hydrogen) atoms. The fourth-order valence-electron chi connectivity index (χ4n) is 1.16. The van der Waals surface area contributed by atoms with Crippen molar-refractivity contribution in [3.8, 4) is 0 Å². The van der Waals surface area contributed by atoms with Crippen LogP contribution in [0, 0.1) is 0 Å². The number of hydrogen-bond donors (Lipinski definition) is 0. The summed E-state index contributed by atoms with van der Waals surface area (Å²) < 4.78 is 25.7. The van der Waals surface area contributed by atoms with Gasteiger partial charge in [-0.25, -0.2) is 4.57 Å². The average Bonchev–Trinajstić information content (AvgIpc) is 2.34. The second kappa shape index (κ2) is 8.21. The summed E-state index contributed by atoms with van der Waals surface area (Å²) in [7, 11) is -3.92. The Bertz CT molecular complexity index is 449. The van der Waals surface area contributed by atoms with Crippen molar-refractivity contribution in [2.24, 2.45) is 0 Å². The fraction of sp³-hybridized carbons (Fsp3) is 0.455. The van der Waals surface area contributed by atoms with E-state index in [2.05, 4.69) is 0 Å². The molecule has 0 heterocycles. The Morgan fingerprint density at radius 2 is 1.80 bits per heavy atom. The molecule has 2 unspecified atom stereocenters. The van der Waals surface area contributed by atoms with Gasteiger partial charge in [0.25, 0.3) is 0 Å². The van der Waals surface area contributed by atoms with Gasteiger partial charge in [0.05, 0.1) is 6.61 Å². The highest BCUT2D eigenvalue weighted by Crippen LogP contribution is 2.53. The lowest BCUT2D eigenvalue weighted by atomic mass is 10.2. The van der Waals surface area contributed by atoms with Crippen LogP contribution < -0.4 is 0 Å². The van der Waals surface area contributed by atoms with Gasteiger partial charge in [0.15, 0.2) is 0 Å². The van der Waals surface area contributed by atoms with Crippen LogP contribution in [-0.4, -0.2) is 16.0 Å². The van der Waals surface area contributed by atoms with Crippen LogP contribution in [0.5, 0.6) is 0 Å². The van der Waals surface area contributed by atoms with Crippen LogP contribution in [0.4, 0.5) is 0 Å². The lowest BCUT2D eigenvalue weighted by Gasteiger charge is -2.21. The maximum Gasteiger partial charge on any atom is 0.476 e. The van der Waals surface area contributed by atoms with Gasteiger partial charge in [-0.2, -0.15) is 0 Å². The molecule has 114 valence electrons. The lowest BCUT2D eigenvalue weighted by Crippen LogP contribution is -2.14. The standard InChI is InChI=1S/C11H13Cl4O4P/c1-9(12)19-20(16,18-8-11(13,14)15)17-7-10-5-3-2-4-6-10/h2-6,9H,7-8H2,1H3. The molecule has 0 saturated heterocycles. The van der Waals surface area contributed by atoms with Crippen molar-refractivity contribution in [3.63, 3.8) is 0 Å². The first kappa shape index (κ1) is 18.5. The molecule has 0 aliphatic heterocycles. The first-order valence-corrected chi connectivity index (χ1v) is 8.55. The maximum atomic E-state index is 12.3. The molecule has 0 bridgehead atoms. The van der Waals surface area contributed by atoms with E-state index in [-0.39, 0.29) is 6.61 Å². The van der Waals surface area contributed by atoms with Crippen LogP contribution in [0.2, 0.25) is 0 Å². The molecule has 2 atom stereocenters. The van der Waals surface area contributed by atoms with Gasteiger partial charge in [-0.15, -0.1) is 0 Å². The SMILES string of the molecule is CC(Cl)OP(=O)(OCc1ccccc1)OCC(Cl)(Cl)Cl. The third-order valence-corrected chi connectivity index (χ3v) is 3.90. The molecule has 1 aromatic carbocycles. The summed E-state index contributed by atoms with van der Waals surface area (Å²) in [5.74, 6) is 0. The zero-order valence-electron chi connectivity index (χ0n) is 10.5. The van der Waals surface area contributed by atoms with E-state index in [4.69, 9.17) is 60.0 Å². The molecule has 0 N–H and O–H groups in total. The minimum Gasteiger partial charge on any atom is -0.282 e. The van der Waals surface area contributed by atoms with Crippen molar-refractivity contribution in [1.29, 1.82) is 0 Å². The van der Waals surface area contributed by atoms with Crippen molar-refractivity contribution in [2.75, 3.05) is 6.61 Å². The molecule has 0 fully saturated rings. The quantitative estimate of drug-likeness (QED) is 0.474. The zero-order valence-corrected chi connectivity index (χ0v) is 14.4. The Kier molecular flexibility index (Phi) is 7.61. The molecule has 0 radical (unpaired) electrons. The zero-order chi connectivity index (χ0) is 15.2. The fourth-order valence-corrected chi connectivity index (χ4v) is 3.05. The Hall–Kier alpha value is 0.490. The van der Waals surface area contributed by atoms with Crippen molar-refractivity contribution in [2.45, 2.75) is 22.9 Å². The Morgan fingerprint density at radius 3 is 2.30 bits per heavy atom. The Balaban J connectivity index is 2.65. The van der Waals surface area contributed by atoms with E-state index < -0.39 is 23.8 Å². The number of rotatable bonds is 7. The lowest BCUT2D eigenvalue weighted by molar-refractivity contribution is 0.104. The van der Waals surface area contributed by atoms with Gasteiger partial charge in [-0.3, -0.25) is 13.6 Å². The molecule has 0 aliphatic carbocycles. The van der Waals surface area contributed by atoms with E-state index in [9.17, 15) is 4.57 Å².